The Morgan fingerprint density at radius 2 is 1.94 bits per heavy atom. The number of pyridine rings is 2. The predicted molar refractivity (Wildman–Crippen MR) is 113 cm³/mol. The summed E-state index contributed by atoms with van der Waals surface area (Å²) >= 11 is 3.35. The van der Waals surface area contributed by atoms with Crippen LogP contribution in [0.2, 0.25) is 0 Å². The number of amides is 1. The van der Waals surface area contributed by atoms with Crippen LogP contribution in [-0.2, 0) is 11.3 Å². The molecule has 0 unspecified atom stereocenters. The minimum Gasteiger partial charge on any atom is -0.373 e. The number of aromatic amines is 2. The van der Waals surface area contributed by atoms with Crippen LogP contribution >= 0.6 is 15.9 Å². The normalized spacial score (nSPS) is 15.9. The number of hydrogen-bond acceptors (Lipinski definition) is 4. The number of ether oxygens (including phenoxy) is 1. The van der Waals surface area contributed by atoms with Crippen molar-refractivity contribution in [2.45, 2.75) is 12.6 Å². The van der Waals surface area contributed by atoms with E-state index in [2.05, 4.69) is 30.9 Å². The molecule has 0 spiro atoms. The van der Waals surface area contributed by atoms with Crippen molar-refractivity contribution >= 4 is 43.6 Å². The number of carbonyl (C=O) groups excluding carboxylic acids is 1. The summed E-state index contributed by atoms with van der Waals surface area (Å²) < 4.78 is 34.2. The van der Waals surface area contributed by atoms with Gasteiger partial charge in [-0.3, -0.25) is 9.59 Å². The first-order valence-corrected chi connectivity index (χ1v) is 10.2. The average Bonchev–Trinajstić information content (AvgIpc) is 3.17. The molecule has 7 nitrogen and oxygen atoms in total. The molecule has 0 bridgehead atoms. The number of rotatable bonds is 2. The number of hydrogen-bond donors (Lipinski definition) is 2. The second kappa shape index (κ2) is 7.24. The Morgan fingerprint density at radius 1 is 1.19 bits per heavy atom. The van der Waals surface area contributed by atoms with Crippen LogP contribution in [0.5, 0.6) is 0 Å². The van der Waals surface area contributed by atoms with E-state index in [-0.39, 0.29) is 29.9 Å². The van der Waals surface area contributed by atoms with Crippen molar-refractivity contribution in [1.82, 2.24) is 19.9 Å². The van der Waals surface area contributed by atoms with Gasteiger partial charge in [0.2, 0.25) is 0 Å². The Balaban J connectivity index is 1.61. The number of nitrogens with zero attached hydrogens (tertiary/aromatic N) is 2. The third kappa shape index (κ3) is 3.22. The van der Waals surface area contributed by atoms with Crippen molar-refractivity contribution in [3.8, 4) is 0 Å². The van der Waals surface area contributed by atoms with Gasteiger partial charge in [0.1, 0.15) is 11.3 Å². The average molecular weight is 489 g/mol. The molecule has 4 aromatic rings. The van der Waals surface area contributed by atoms with E-state index in [1.165, 1.54) is 4.90 Å². The van der Waals surface area contributed by atoms with Gasteiger partial charge in [-0.25, -0.2) is 13.8 Å². The Labute approximate surface area is 182 Å². The molecule has 1 aliphatic heterocycles. The largest absolute Gasteiger partial charge is 0.373 e. The first-order chi connectivity index (χ1) is 14.8. The first kappa shape index (κ1) is 19.8. The highest BCUT2D eigenvalue weighted by molar-refractivity contribution is 9.10. The Kier molecular flexibility index (Phi) is 4.63. The Bertz CT molecular complexity index is 1430. The second-order valence-electron chi connectivity index (χ2n) is 7.38. The minimum atomic E-state index is -1.11. The second-order valence-corrected chi connectivity index (χ2v) is 8.30. The van der Waals surface area contributed by atoms with Gasteiger partial charge in [0.05, 0.1) is 24.6 Å². The van der Waals surface area contributed by atoms with Gasteiger partial charge >= 0.3 is 0 Å². The lowest BCUT2D eigenvalue weighted by Crippen LogP contribution is -2.37. The molecule has 31 heavy (non-hydrogen) atoms. The molecule has 0 radical (unpaired) electrons. The van der Waals surface area contributed by atoms with E-state index in [1.54, 1.807) is 19.3 Å². The summed E-state index contributed by atoms with van der Waals surface area (Å²) in [7, 11) is 1.59. The Morgan fingerprint density at radius 3 is 2.71 bits per heavy atom. The maximum atomic E-state index is 14.0. The fraction of sp³-hybridized carbons (Fsp3) is 0.190. The van der Waals surface area contributed by atoms with Gasteiger partial charge in [0.15, 0.2) is 11.6 Å². The van der Waals surface area contributed by atoms with Crippen molar-refractivity contribution < 1.29 is 18.3 Å². The highest BCUT2D eigenvalue weighted by atomic mass is 79.9. The van der Waals surface area contributed by atoms with Crippen LogP contribution in [-0.4, -0.2) is 39.4 Å². The van der Waals surface area contributed by atoms with Gasteiger partial charge in [0, 0.05) is 34.4 Å². The quantitative estimate of drug-likeness (QED) is 0.449. The van der Waals surface area contributed by atoms with E-state index in [0.717, 1.165) is 22.0 Å². The lowest BCUT2D eigenvalue weighted by Gasteiger charge is -2.33. The van der Waals surface area contributed by atoms with Crippen molar-refractivity contribution in [2.75, 3.05) is 13.7 Å². The zero-order valence-corrected chi connectivity index (χ0v) is 17.7. The highest BCUT2D eigenvalue weighted by Crippen LogP contribution is 2.34. The van der Waals surface area contributed by atoms with Gasteiger partial charge in [0.25, 0.3) is 11.5 Å². The topological polar surface area (TPSA) is 91.1 Å². The van der Waals surface area contributed by atoms with Gasteiger partial charge in [-0.15, -0.1) is 0 Å². The first-order valence-electron chi connectivity index (χ1n) is 9.36. The van der Waals surface area contributed by atoms with Gasteiger partial charge in [-0.05, 0) is 45.6 Å². The van der Waals surface area contributed by atoms with Crippen LogP contribution in [0.15, 0.2) is 39.7 Å². The lowest BCUT2D eigenvalue weighted by atomic mass is 9.95. The van der Waals surface area contributed by atoms with Crippen LogP contribution in [0.25, 0.3) is 21.8 Å². The molecule has 1 aliphatic rings. The van der Waals surface area contributed by atoms with Gasteiger partial charge in [-0.2, -0.15) is 0 Å². The molecule has 158 valence electrons. The molecule has 1 atom stereocenters. The molecule has 1 amide bonds. The number of fused-ring (bicyclic) bond motifs is 4. The van der Waals surface area contributed by atoms with Gasteiger partial charge < -0.3 is 19.6 Å². The van der Waals surface area contributed by atoms with Crippen LogP contribution in [0, 0.1) is 11.6 Å². The molecule has 10 heteroatoms. The molecular formula is C21H15BrF2N4O3. The van der Waals surface area contributed by atoms with E-state index in [1.807, 2.05) is 6.07 Å². The standard InChI is InChI=1S/C21H15BrF2N4O3/c1-28(21(30)15-3-9-2-10(22)6-25-19(9)26-15)17-8-31-7-16-18(17)11-4-13(23)14(24)5-12(11)20(29)27-16/h2-6,17H,7-8H2,1H3,(H,25,26)(H,27,29)/t17-/m0/s1. The fourth-order valence-corrected chi connectivity index (χ4v) is 4.33. The van der Waals surface area contributed by atoms with Crippen LogP contribution in [0.3, 0.4) is 0 Å². The zero-order valence-electron chi connectivity index (χ0n) is 16.1. The monoisotopic (exact) mass is 488 g/mol. The summed E-state index contributed by atoms with van der Waals surface area (Å²) in [5.74, 6) is -2.51. The number of aromatic nitrogens is 3. The summed E-state index contributed by atoms with van der Waals surface area (Å²) in [6, 6.07) is 4.78. The molecular weight excluding hydrogens is 474 g/mol. The van der Waals surface area contributed by atoms with Crippen molar-refractivity contribution in [3.63, 3.8) is 0 Å². The molecule has 4 heterocycles. The zero-order chi connectivity index (χ0) is 21.9. The summed E-state index contributed by atoms with van der Waals surface area (Å²) in [5, 5.41) is 1.04. The third-order valence-corrected chi connectivity index (χ3v) is 5.93. The summed E-state index contributed by atoms with van der Waals surface area (Å²) in [6.45, 7) is 0.238. The summed E-state index contributed by atoms with van der Waals surface area (Å²) in [4.78, 5) is 37.0. The van der Waals surface area contributed by atoms with Crippen LogP contribution in [0.1, 0.15) is 27.8 Å². The number of halogens is 3. The molecule has 1 aromatic carbocycles. The third-order valence-electron chi connectivity index (χ3n) is 5.50. The molecule has 0 saturated heterocycles. The maximum Gasteiger partial charge on any atom is 0.270 e. The van der Waals surface area contributed by atoms with E-state index >= 15 is 0 Å². The molecule has 0 aliphatic carbocycles. The molecule has 0 saturated carbocycles. The fourth-order valence-electron chi connectivity index (χ4n) is 3.98. The van der Waals surface area contributed by atoms with E-state index in [0.29, 0.717) is 22.6 Å². The van der Waals surface area contributed by atoms with Crippen molar-refractivity contribution in [1.29, 1.82) is 0 Å². The number of H-pyrrole nitrogens is 2. The predicted octanol–water partition coefficient (Wildman–Crippen LogP) is 3.79. The smallest absolute Gasteiger partial charge is 0.270 e. The van der Waals surface area contributed by atoms with E-state index < -0.39 is 23.2 Å². The maximum absolute atomic E-state index is 14.0. The van der Waals surface area contributed by atoms with Crippen LogP contribution in [0.4, 0.5) is 8.78 Å². The molecule has 0 fully saturated rings. The number of nitrogens with one attached hydrogen (secondary N) is 2. The highest BCUT2D eigenvalue weighted by Gasteiger charge is 2.32. The molecule has 2 N–H and O–H groups in total. The van der Waals surface area contributed by atoms with Gasteiger partial charge in [-0.1, -0.05) is 0 Å². The number of benzene rings is 1. The van der Waals surface area contributed by atoms with Crippen molar-refractivity contribution in [2.24, 2.45) is 0 Å². The molecule has 3 aromatic heterocycles. The molecule has 5 rings (SSSR count). The van der Waals surface area contributed by atoms with Crippen molar-refractivity contribution in [3.05, 3.63) is 73.9 Å². The van der Waals surface area contributed by atoms with Crippen LogP contribution < -0.4 is 5.56 Å². The van der Waals surface area contributed by atoms with E-state index in [4.69, 9.17) is 4.74 Å². The summed E-state index contributed by atoms with van der Waals surface area (Å²) in [5.41, 5.74) is 1.31. The van der Waals surface area contributed by atoms with E-state index in [9.17, 15) is 18.4 Å². The lowest BCUT2D eigenvalue weighted by molar-refractivity contribution is 0.0333. The number of likely N-dealkylation sites (N-methyl/N-ethyl adjacent to an activating group) is 1. The summed E-state index contributed by atoms with van der Waals surface area (Å²) in [6.07, 6.45) is 1.62. The number of carbonyl (C=O) groups is 1. The minimum absolute atomic E-state index is 0.0186. The Hall–Kier alpha value is -3.11. The SMILES string of the molecule is CN(C(=O)c1cc2cc(Br)cnc2[nH]1)[C@H]1COCc2[nH]c(=O)c3cc(F)c(F)cc3c21.